The van der Waals surface area contributed by atoms with Gasteiger partial charge in [0.15, 0.2) is 0 Å². The van der Waals surface area contributed by atoms with E-state index < -0.39 is 0 Å². The Morgan fingerprint density at radius 2 is 2.12 bits per heavy atom. The number of nitrogens with zero attached hydrogens (tertiary/aromatic N) is 1. The van der Waals surface area contributed by atoms with Gasteiger partial charge in [0.05, 0.1) is 12.1 Å². The number of likely N-dealkylation sites (tertiary alicyclic amines) is 1. The highest BCUT2D eigenvalue weighted by molar-refractivity contribution is 5.82. The summed E-state index contributed by atoms with van der Waals surface area (Å²) in [4.78, 5) is 14.0. The third-order valence-corrected chi connectivity index (χ3v) is 3.46. The second-order valence-corrected chi connectivity index (χ2v) is 4.62. The van der Waals surface area contributed by atoms with E-state index in [1.807, 2.05) is 23.1 Å². The molecule has 1 aliphatic heterocycles. The van der Waals surface area contributed by atoms with Crippen LogP contribution in [-0.2, 0) is 4.79 Å². The normalized spacial score (nSPS) is 22.6. The highest BCUT2D eigenvalue weighted by atomic mass is 16.2. The van der Waals surface area contributed by atoms with Crippen molar-refractivity contribution in [3.05, 3.63) is 35.9 Å². The van der Waals surface area contributed by atoms with Crippen LogP contribution in [0.3, 0.4) is 0 Å². The van der Waals surface area contributed by atoms with Crippen molar-refractivity contribution in [2.24, 2.45) is 5.73 Å². The summed E-state index contributed by atoms with van der Waals surface area (Å²) in [5.74, 6) is 0.104. The minimum atomic E-state index is -0.304. The fourth-order valence-corrected chi connectivity index (χ4v) is 2.55. The molecule has 0 aliphatic carbocycles. The smallest absolute Gasteiger partial charge is 0.239 e. The summed E-state index contributed by atoms with van der Waals surface area (Å²) < 4.78 is 0. The number of hydrogen-bond donors (Lipinski definition) is 1. The topological polar surface area (TPSA) is 46.3 Å². The Balaban J connectivity index is 2.21. The van der Waals surface area contributed by atoms with E-state index in [-0.39, 0.29) is 18.0 Å². The lowest BCUT2D eigenvalue weighted by Crippen LogP contribution is -2.49. The van der Waals surface area contributed by atoms with Gasteiger partial charge in [0.25, 0.3) is 0 Å². The quantitative estimate of drug-likeness (QED) is 0.867. The first kappa shape index (κ1) is 12.1. The van der Waals surface area contributed by atoms with Crippen LogP contribution in [0.5, 0.6) is 0 Å². The summed E-state index contributed by atoms with van der Waals surface area (Å²) in [6.45, 7) is 2.95. The number of carbonyl (C=O) groups is 1. The molecule has 2 unspecified atom stereocenters. The molecule has 0 spiro atoms. The van der Waals surface area contributed by atoms with E-state index in [1.165, 1.54) is 5.56 Å². The number of carbonyl (C=O) groups excluding carboxylic acids is 1. The van der Waals surface area contributed by atoms with Gasteiger partial charge in [-0.05, 0) is 24.8 Å². The molecule has 1 saturated heterocycles. The molecule has 1 fully saturated rings. The predicted octanol–water partition coefficient (Wildman–Crippen LogP) is 2.09. The zero-order valence-electron chi connectivity index (χ0n) is 10.3. The summed E-state index contributed by atoms with van der Waals surface area (Å²) in [6, 6.07) is 10.1. The zero-order valence-corrected chi connectivity index (χ0v) is 10.3. The first-order chi connectivity index (χ1) is 8.24. The third kappa shape index (κ3) is 2.50. The second kappa shape index (κ2) is 5.32. The maximum absolute atomic E-state index is 12.1. The van der Waals surface area contributed by atoms with E-state index in [0.717, 1.165) is 25.8 Å². The molecule has 1 aromatic carbocycles. The van der Waals surface area contributed by atoms with Gasteiger partial charge < -0.3 is 10.6 Å². The molecule has 0 bridgehead atoms. The summed E-state index contributed by atoms with van der Waals surface area (Å²) in [6.07, 6.45) is 2.76. The van der Waals surface area contributed by atoms with Gasteiger partial charge in [-0.2, -0.15) is 0 Å². The first-order valence-electron chi connectivity index (χ1n) is 6.35. The second-order valence-electron chi connectivity index (χ2n) is 4.62. The van der Waals surface area contributed by atoms with Crippen molar-refractivity contribution in [2.75, 3.05) is 6.54 Å². The molecule has 0 saturated carbocycles. The van der Waals surface area contributed by atoms with E-state index in [1.54, 1.807) is 0 Å². The van der Waals surface area contributed by atoms with Gasteiger partial charge in [-0.3, -0.25) is 4.79 Å². The molecule has 17 heavy (non-hydrogen) atoms. The molecule has 2 rings (SSSR count). The minimum absolute atomic E-state index is 0.104. The lowest BCUT2D eigenvalue weighted by Gasteiger charge is -2.37. The lowest BCUT2D eigenvalue weighted by molar-refractivity contribution is -0.137. The Kier molecular flexibility index (Phi) is 3.79. The first-order valence-corrected chi connectivity index (χ1v) is 6.35. The SMILES string of the molecule is CCC(c1ccccc1)N1CCCC(N)C1=O. The highest BCUT2D eigenvalue weighted by Crippen LogP contribution is 2.27. The van der Waals surface area contributed by atoms with Crippen molar-refractivity contribution in [3.8, 4) is 0 Å². The molecular formula is C14H20N2O. The van der Waals surface area contributed by atoms with Gasteiger partial charge in [0.2, 0.25) is 5.91 Å². The fraction of sp³-hybridized carbons (Fsp3) is 0.500. The Morgan fingerprint density at radius 3 is 2.76 bits per heavy atom. The average Bonchev–Trinajstić information content (AvgIpc) is 2.37. The van der Waals surface area contributed by atoms with Gasteiger partial charge in [0.1, 0.15) is 0 Å². The van der Waals surface area contributed by atoms with Gasteiger partial charge in [-0.25, -0.2) is 0 Å². The van der Waals surface area contributed by atoms with Crippen LogP contribution in [0.2, 0.25) is 0 Å². The third-order valence-electron chi connectivity index (χ3n) is 3.46. The number of benzene rings is 1. The molecule has 0 radical (unpaired) electrons. The lowest BCUT2D eigenvalue weighted by atomic mass is 9.97. The molecule has 1 amide bonds. The predicted molar refractivity (Wildman–Crippen MR) is 68.4 cm³/mol. The Morgan fingerprint density at radius 1 is 1.41 bits per heavy atom. The van der Waals surface area contributed by atoms with Gasteiger partial charge >= 0.3 is 0 Å². The maximum Gasteiger partial charge on any atom is 0.239 e. The number of amides is 1. The van der Waals surface area contributed by atoms with Crippen LogP contribution < -0.4 is 5.73 Å². The van der Waals surface area contributed by atoms with Crippen LogP contribution in [0.1, 0.15) is 37.8 Å². The number of hydrogen-bond acceptors (Lipinski definition) is 2. The van der Waals surface area contributed by atoms with Crippen LogP contribution in [0.4, 0.5) is 0 Å². The average molecular weight is 232 g/mol. The molecule has 1 aliphatic rings. The number of nitrogens with two attached hydrogens (primary N) is 1. The van der Waals surface area contributed by atoms with Crippen molar-refractivity contribution in [2.45, 2.75) is 38.3 Å². The maximum atomic E-state index is 12.1. The van der Waals surface area contributed by atoms with Crippen molar-refractivity contribution in [1.29, 1.82) is 0 Å². The van der Waals surface area contributed by atoms with E-state index in [4.69, 9.17) is 5.73 Å². The van der Waals surface area contributed by atoms with Crippen molar-refractivity contribution < 1.29 is 4.79 Å². The van der Waals surface area contributed by atoms with E-state index >= 15 is 0 Å². The standard InChI is InChI=1S/C14H20N2O/c1-2-13(11-7-4-3-5-8-11)16-10-6-9-12(15)14(16)17/h3-5,7-8,12-13H,2,6,9-10,15H2,1H3. The highest BCUT2D eigenvalue weighted by Gasteiger charge is 2.30. The Hall–Kier alpha value is -1.35. The molecule has 2 atom stereocenters. The monoisotopic (exact) mass is 232 g/mol. The molecule has 0 aromatic heterocycles. The molecule has 3 nitrogen and oxygen atoms in total. The van der Waals surface area contributed by atoms with Crippen molar-refractivity contribution in [1.82, 2.24) is 4.90 Å². The number of piperidine rings is 1. The Labute approximate surface area is 103 Å². The molecule has 1 aromatic rings. The van der Waals surface area contributed by atoms with Crippen LogP contribution in [0, 0.1) is 0 Å². The summed E-state index contributed by atoms with van der Waals surface area (Å²) >= 11 is 0. The summed E-state index contributed by atoms with van der Waals surface area (Å²) in [5.41, 5.74) is 7.05. The van der Waals surface area contributed by atoms with Gasteiger partial charge in [-0.15, -0.1) is 0 Å². The minimum Gasteiger partial charge on any atom is -0.334 e. The largest absolute Gasteiger partial charge is 0.334 e. The summed E-state index contributed by atoms with van der Waals surface area (Å²) in [7, 11) is 0. The van der Waals surface area contributed by atoms with Gasteiger partial charge in [0, 0.05) is 6.54 Å². The van der Waals surface area contributed by atoms with E-state index in [2.05, 4.69) is 19.1 Å². The van der Waals surface area contributed by atoms with E-state index in [9.17, 15) is 4.79 Å². The Bertz CT molecular complexity index is 377. The van der Waals surface area contributed by atoms with Crippen LogP contribution >= 0.6 is 0 Å². The fourth-order valence-electron chi connectivity index (χ4n) is 2.55. The molecule has 92 valence electrons. The van der Waals surface area contributed by atoms with E-state index in [0.29, 0.717) is 0 Å². The van der Waals surface area contributed by atoms with Crippen molar-refractivity contribution >= 4 is 5.91 Å². The van der Waals surface area contributed by atoms with Crippen LogP contribution in [0.25, 0.3) is 0 Å². The van der Waals surface area contributed by atoms with Crippen molar-refractivity contribution in [3.63, 3.8) is 0 Å². The zero-order chi connectivity index (χ0) is 12.3. The van der Waals surface area contributed by atoms with Gasteiger partial charge in [-0.1, -0.05) is 37.3 Å². The molecule has 3 heteroatoms. The molecular weight excluding hydrogens is 212 g/mol. The van der Waals surface area contributed by atoms with Crippen LogP contribution in [-0.4, -0.2) is 23.4 Å². The molecule has 1 heterocycles. The summed E-state index contributed by atoms with van der Waals surface area (Å²) in [5, 5.41) is 0. The number of rotatable bonds is 3. The molecule has 2 N–H and O–H groups in total. The van der Waals surface area contributed by atoms with Crippen LogP contribution in [0.15, 0.2) is 30.3 Å².